The molecule has 2 heterocycles. The quantitative estimate of drug-likeness (QED) is 0.243. The van der Waals surface area contributed by atoms with Crippen molar-refractivity contribution in [1.82, 2.24) is 9.55 Å². The first kappa shape index (κ1) is 22.2. The Morgan fingerprint density at radius 1 is 1.18 bits per heavy atom. The Bertz CT molecular complexity index is 1590. The van der Waals surface area contributed by atoms with Crippen LogP contribution in [0.25, 0.3) is 27.4 Å². The van der Waals surface area contributed by atoms with E-state index in [2.05, 4.69) is 4.98 Å². The maximum Gasteiger partial charge on any atom is 0.176 e. The predicted molar refractivity (Wildman–Crippen MR) is 134 cm³/mol. The average Bonchev–Trinajstić information content (AvgIpc) is 3.08. The van der Waals surface area contributed by atoms with Gasteiger partial charge in [-0.25, -0.2) is 9.37 Å². The van der Waals surface area contributed by atoms with E-state index in [4.69, 9.17) is 11.6 Å². The van der Waals surface area contributed by atoms with Crippen LogP contribution in [0.1, 0.15) is 46.1 Å². The van der Waals surface area contributed by atoms with Gasteiger partial charge in [-0.15, -0.1) is 0 Å². The van der Waals surface area contributed by atoms with Gasteiger partial charge in [-0.3, -0.25) is 9.59 Å². The molecule has 2 aromatic carbocycles. The van der Waals surface area contributed by atoms with Crippen molar-refractivity contribution >= 4 is 50.5 Å². The summed E-state index contributed by atoms with van der Waals surface area (Å²) in [7, 11) is 0. The van der Waals surface area contributed by atoms with Crippen molar-refractivity contribution in [2.45, 2.75) is 33.7 Å². The van der Waals surface area contributed by atoms with E-state index >= 15 is 0 Å². The maximum absolute atomic E-state index is 14.7. The summed E-state index contributed by atoms with van der Waals surface area (Å²) >= 11 is 6.55. The minimum atomic E-state index is -0.380. The van der Waals surface area contributed by atoms with E-state index in [1.54, 1.807) is 29.7 Å². The molecule has 0 fully saturated rings. The Kier molecular flexibility index (Phi) is 5.45. The maximum atomic E-state index is 14.7. The summed E-state index contributed by atoms with van der Waals surface area (Å²) in [6, 6.07) is 11.0. The molecule has 170 valence electrons. The highest BCUT2D eigenvalue weighted by Crippen LogP contribution is 2.37. The smallest absolute Gasteiger partial charge is 0.176 e. The van der Waals surface area contributed by atoms with Crippen LogP contribution in [-0.2, 0) is 11.3 Å². The predicted octanol–water partition coefficient (Wildman–Crippen LogP) is 6.76. The molecule has 0 radical (unpaired) electrons. The molecule has 4 aromatic rings. The van der Waals surface area contributed by atoms with E-state index in [0.717, 1.165) is 16.5 Å². The number of aromatic nitrogens is 2. The number of fused-ring (bicyclic) bond motifs is 2. The number of aryl methyl sites for hydroxylation is 2. The van der Waals surface area contributed by atoms with E-state index < -0.39 is 0 Å². The zero-order chi connectivity index (χ0) is 24.1. The van der Waals surface area contributed by atoms with Gasteiger partial charge >= 0.3 is 0 Å². The van der Waals surface area contributed by atoms with Gasteiger partial charge < -0.3 is 4.57 Å². The molecule has 1 aliphatic carbocycles. The van der Waals surface area contributed by atoms with Crippen LogP contribution >= 0.6 is 11.6 Å². The zero-order valence-corrected chi connectivity index (χ0v) is 19.8. The average molecular weight is 473 g/mol. The highest BCUT2D eigenvalue weighted by atomic mass is 35.5. The summed E-state index contributed by atoms with van der Waals surface area (Å²) in [5.74, 6) is -0.671. The van der Waals surface area contributed by atoms with Gasteiger partial charge in [0.2, 0.25) is 0 Å². The highest BCUT2D eigenvalue weighted by molar-refractivity contribution is 6.30. The Morgan fingerprint density at radius 3 is 2.71 bits per heavy atom. The minimum Gasteiger partial charge on any atom is -0.333 e. The second kappa shape index (κ2) is 8.33. The van der Waals surface area contributed by atoms with Crippen LogP contribution in [0.4, 0.5) is 4.39 Å². The SMILES string of the molecule is CC(=O)c1c(C2=CC=CCC2=O)c2cc(C)c(F)cc2n1Cc1cc2cc(C)ccc2nc1Cl. The first-order valence-electron chi connectivity index (χ1n) is 11.0. The van der Waals surface area contributed by atoms with E-state index in [1.165, 1.54) is 13.0 Å². The number of benzene rings is 2. The number of allylic oxidation sites excluding steroid dienone is 4. The van der Waals surface area contributed by atoms with Crippen LogP contribution in [0.15, 0.2) is 54.6 Å². The van der Waals surface area contributed by atoms with Crippen LogP contribution in [-0.4, -0.2) is 21.1 Å². The van der Waals surface area contributed by atoms with Gasteiger partial charge in [0.05, 0.1) is 23.3 Å². The summed E-state index contributed by atoms with van der Waals surface area (Å²) in [5, 5.41) is 1.91. The lowest BCUT2D eigenvalue weighted by molar-refractivity contribution is -0.113. The van der Waals surface area contributed by atoms with Crippen molar-refractivity contribution in [3.8, 4) is 0 Å². The molecule has 0 aliphatic heterocycles. The normalized spacial score (nSPS) is 13.7. The van der Waals surface area contributed by atoms with Crippen LogP contribution in [0, 0.1) is 19.7 Å². The first-order chi connectivity index (χ1) is 16.2. The largest absolute Gasteiger partial charge is 0.333 e. The number of halogens is 2. The Hall–Kier alpha value is -3.57. The summed E-state index contributed by atoms with van der Waals surface area (Å²) < 4.78 is 16.5. The van der Waals surface area contributed by atoms with Crippen molar-refractivity contribution in [2.24, 2.45) is 0 Å². The van der Waals surface area contributed by atoms with Gasteiger partial charge in [-0.2, -0.15) is 0 Å². The molecule has 0 saturated carbocycles. The van der Waals surface area contributed by atoms with Crippen molar-refractivity contribution in [3.05, 3.63) is 93.5 Å². The molecule has 2 aromatic heterocycles. The molecule has 5 rings (SSSR count). The number of hydrogen-bond acceptors (Lipinski definition) is 3. The van der Waals surface area contributed by atoms with Gasteiger partial charge in [0.15, 0.2) is 11.6 Å². The van der Waals surface area contributed by atoms with Crippen LogP contribution in [0.5, 0.6) is 0 Å². The van der Waals surface area contributed by atoms with Gasteiger partial charge in [0.1, 0.15) is 11.0 Å². The topological polar surface area (TPSA) is 52.0 Å². The lowest BCUT2D eigenvalue weighted by Crippen LogP contribution is -2.12. The number of rotatable bonds is 4. The standard InChI is InChI=1S/C28H22ClFN2O2/c1-15-8-9-23-18(10-15)12-19(28(29)31-23)14-32-24-13-22(30)16(2)11-21(24)26(27(32)17(3)33)20-6-4-5-7-25(20)34/h4-6,8-13H,7,14H2,1-3H3. The molecule has 34 heavy (non-hydrogen) atoms. The Balaban J connectivity index is 1.81. The molecule has 0 N–H and O–H groups in total. The summed E-state index contributed by atoms with van der Waals surface area (Å²) in [6.07, 6.45) is 5.58. The fraction of sp³-hybridized carbons (Fsp3) is 0.179. The van der Waals surface area contributed by atoms with E-state index in [0.29, 0.717) is 44.0 Å². The monoisotopic (exact) mass is 472 g/mol. The van der Waals surface area contributed by atoms with Crippen molar-refractivity contribution < 1.29 is 14.0 Å². The second-order valence-corrected chi connectivity index (χ2v) is 9.11. The lowest BCUT2D eigenvalue weighted by Gasteiger charge is -2.13. The summed E-state index contributed by atoms with van der Waals surface area (Å²) in [6.45, 7) is 5.35. The molecular formula is C28H22ClFN2O2. The number of pyridine rings is 1. The van der Waals surface area contributed by atoms with Crippen LogP contribution in [0.2, 0.25) is 5.15 Å². The molecular weight excluding hydrogens is 451 g/mol. The number of nitrogens with zero attached hydrogens (tertiary/aromatic N) is 2. The van der Waals surface area contributed by atoms with Gasteiger partial charge in [-0.1, -0.05) is 41.5 Å². The van der Waals surface area contributed by atoms with E-state index in [9.17, 15) is 14.0 Å². The molecule has 0 unspecified atom stereocenters. The highest BCUT2D eigenvalue weighted by Gasteiger charge is 2.27. The van der Waals surface area contributed by atoms with Gasteiger partial charge in [0, 0.05) is 40.8 Å². The molecule has 1 aliphatic rings. The third-order valence-electron chi connectivity index (χ3n) is 6.27. The third kappa shape index (κ3) is 3.66. The van der Waals surface area contributed by atoms with Gasteiger partial charge in [0.25, 0.3) is 0 Å². The number of hydrogen-bond donors (Lipinski definition) is 0. The number of ketones is 2. The second-order valence-electron chi connectivity index (χ2n) is 8.75. The fourth-order valence-electron chi connectivity index (χ4n) is 4.64. The summed E-state index contributed by atoms with van der Waals surface area (Å²) in [4.78, 5) is 30.3. The number of carbonyl (C=O) groups is 2. The Morgan fingerprint density at radius 2 is 1.97 bits per heavy atom. The van der Waals surface area contributed by atoms with Crippen molar-refractivity contribution in [1.29, 1.82) is 0 Å². The third-order valence-corrected chi connectivity index (χ3v) is 6.60. The molecule has 0 amide bonds. The number of carbonyl (C=O) groups excluding carboxylic acids is 2. The molecule has 0 saturated heterocycles. The first-order valence-corrected chi connectivity index (χ1v) is 11.4. The fourth-order valence-corrected chi connectivity index (χ4v) is 4.85. The van der Waals surface area contributed by atoms with Crippen molar-refractivity contribution in [3.63, 3.8) is 0 Å². The molecule has 6 heteroatoms. The van der Waals surface area contributed by atoms with Gasteiger partial charge in [-0.05, 0) is 49.7 Å². The number of Topliss-reactive ketones (excluding diaryl/α,β-unsaturated/α-hetero) is 2. The lowest BCUT2D eigenvalue weighted by atomic mass is 9.92. The molecule has 0 atom stereocenters. The summed E-state index contributed by atoms with van der Waals surface area (Å²) in [5.41, 5.74) is 4.91. The van der Waals surface area contributed by atoms with Crippen molar-refractivity contribution in [2.75, 3.05) is 0 Å². The molecule has 4 nitrogen and oxygen atoms in total. The zero-order valence-electron chi connectivity index (χ0n) is 19.1. The van der Waals surface area contributed by atoms with Crippen LogP contribution in [0.3, 0.4) is 0 Å². The van der Waals surface area contributed by atoms with E-state index in [1.807, 2.05) is 37.3 Å². The Labute approximate surface area is 201 Å². The molecule has 0 bridgehead atoms. The minimum absolute atomic E-state index is 0.0769. The molecule has 0 spiro atoms. The van der Waals surface area contributed by atoms with E-state index in [-0.39, 0.29) is 30.3 Å². The van der Waals surface area contributed by atoms with Crippen LogP contribution < -0.4 is 0 Å².